The summed E-state index contributed by atoms with van der Waals surface area (Å²) in [6.45, 7) is 0. The first-order valence-corrected chi connectivity index (χ1v) is 4.86. The van der Waals surface area contributed by atoms with Gasteiger partial charge in [0.2, 0.25) is 0 Å². The molecule has 0 aliphatic heterocycles. The fourth-order valence-corrected chi connectivity index (χ4v) is 2.05. The molecular weight excluding hydrogens is 180 g/mol. The average Bonchev–Trinajstić information content (AvgIpc) is 2.76. The largest absolute Gasteiger partial charge is 0.364 e. The van der Waals surface area contributed by atoms with E-state index < -0.39 is 0 Å². The Morgan fingerprint density at radius 2 is 2.31 bits per heavy atom. The molecule has 0 radical (unpaired) electrons. The van der Waals surface area contributed by atoms with Gasteiger partial charge in [-0.25, -0.2) is 0 Å². The van der Waals surface area contributed by atoms with Gasteiger partial charge >= 0.3 is 0 Å². The number of nitriles is 1. The van der Waals surface area contributed by atoms with Crippen molar-refractivity contribution in [1.82, 2.24) is 4.98 Å². The van der Waals surface area contributed by atoms with Crippen molar-refractivity contribution < 1.29 is 0 Å². The number of H-pyrrole nitrogens is 1. The van der Waals surface area contributed by atoms with Crippen LogP contribution in [0.4, 0.5) is 0 Å². The van der Waals surface area contributed by atoms with Crippen LogP contribution in [0.15, 0.2) is 35.8 Å². The molecule has 64 valence electrons. The SMILES string of the molecule is N#C[C@H](c1ccc[nH]1)c1cccs1. The molecule has 2 aromatic rings. The molecule has 0 unspecified atom stereocenters. The van der Waals surface area contributed by atoms with Gasteiger partial charge in [-0.1, -0.05) is 6.07 Å². The van der Waals surface area contributed by atoms with E-state index in [-0.39, 0.29) is 5.92 Å². The Bertz CT molecular complexity index is 360. The van der Waals surface area contributed by atoms with E-state index in [1.54, 1.807) is 11.3 Å². The third-order valence-electron chi connectivity index (χ3n) is 1.89. The summed E-state index contributed by atoms with van der Waals surface area (Å²) in [4.78, 5) is 4.15. The zero-order valence-corrected chi connectivity index (χ0v) is 7.71. The Balaban J connectivity index is 2.36. The van der Waals surface area contributed by atoms with Gasteiger partial charge in [0.1, 0.15) is 5.92 Å². The number of aromatic nitrogens is 1. The van der Waals surface area contributed by atoms with Crippen molar-refractivity contribution in [1.29, 1.82) is 5.26 Å². The number of nitrogens with one attached hydrogen (secondary N) is 1. The summed E-state index contributed by atoms with van der Waals surface area (Å²) >= 11 is 1.61. The van der Waals surface area contributed by atoms with Gasteiger partial charge in [-0.3, -0.25) is 0 Å². The quantitative estimate of drug-likeness (QED) is 0.773. The summed E-state index contributed by atoms with van der Waals surface area (Å²) in [5, 5.41) is 11.0. The van der Waals surface area contributed by atoms with E-state index in [4.69, 9.17) is 5.26 Å². The third-order valence-corrected chi connectivity index (χ3v) is 2.83. The molecule has 0 amide bonds. The minimum Gasteiger partial charge on any atom is -0.364 e. The van der Waals surface area contributed by atoms with Crippen molar-refractivity contribution in [3.8, 4) is 6.07 Å². The standard InChI is InChI=1S/C10H8N2S/c11-7-8(9-3-1-5-12-9)10-4-2-6-13-10/h1-6,8,12H/t8-/m1/s1. The molecule has 1 atom stereocenters. The molecule has 2 rings (SSSR count). The molecular formula is C10H8N2S. The lowest BCUT2D eigenvalue weighted by molar-refractivity contribution is 1.01. The summed E-state index contributed by atoms with van der Waals surface area (Å²) in [5.74, 6) is -0.144. The van der Waals surface area contributed by atoms with E-state index in [9.17, 15) is 0 Å². The van der Waals surface area contributed by atoms with Gasteiger partial charge in [0.05, 0.1) is 6.07 Å². The Labute approximate surface area is 80.5 Å². The monoisotopic (exact) mass is 188 g/mol. The fraction of sp³-hybridized carbons (Fsp3) is 0.100. The van der Waals surface area contributed by atoms with E-state index in [2.05, 4.69) is 11.1 Å². The van der Waals surface area contributed by atoms with Gasteiger partial charge in [0.15, 0.2) is 0 Å². The normalized spacial score (nSPS) is 12.2. The number of nitrogens with zero attached hydrogens (tertiary/aromatic N) is 1. The fourth-order valence-electron chi connectivity index (χ4n) is 1.27. The maximum Gasteiger partial charge on any atom is 0.120 e. The Kier molecular flexibility index (Phi) is 2.15. The van der Waals surface area contributed by atoms with E-state index in [0.29, 0.717) is 0 Å². The number of hydrogen-bond donors (Lipinski definition) is 1. The van der Waals surface area contributed by atoms with Crippen molar-refractivity contribution in [3.05, 3.63) is 46.4 Å². The third kappa shape index (κ3) is 1.49. The zero-order valence-electron chi connectivity index (χ0n) is 6.90. The Morgan fingerprint density at radius 1 is 1.38 bits per heavy atom. The lowest BCUT2D eigenvalue weighted by Crippen LogP contribution is -1.94. The van der Waals surface area contributed by atoms with Crippen molar-refractivity contribution in [2.24, 2.45) is 0 Å². The molecule has 2 heterocycles. The minimum absolute atomic E-state index is 0.144. The van der Waals surface area contributed by atoms with Crippen molar-refractivity contribution in [2.45, 2.75) is 5.92 Å². The predicted octanol–water partition coefficient (Wildman–Crippen LogP) is 2.73. The first-order chi connectivity index (χ1) is 6.42. The van der Waals surface area contributed by atoms with Gasteiger partial charge in [0.25, 0.3) is 0 Å². The molecule has 0 bridgehead atoms. The van der Waals surface area contributed by atoms with Gasteiger partial charge in [-0.2, -0.15) is 5.26 Å². The van der Waals surface area contributed by atoms with E-state index in [1.165, 1.54) is 0 Å². The highest BCUT2D eigenvalue weighted by Crippen LogP contribution is 2.26. The maximum atomic E-state index is 9.01. The molecule has 0 spiro atoms. The molecule has 0 aliphatic carbocycles. The van der Waals surface area contributed by atoms with Crippen molar-refractivity contribution in [2.75, 3.05) is 0 Å². The van der Waals surface area contributed by atoms with Crippen LogP contribution in [0.2, 0.25) is 0 Å². The molecule has 0 aliphatic rings. The molecule has 0 aromatic carbocycles. The summed E-state index contributed by atoms with van der Waals surface area (Å²) in [5.41, 5.74) is 0.963. The first-order valence-electron chi connectivity index (χ1n) is 3.98. The zero-order chi connectivity index (χ0) is 9.10. The predicted molar refractivity (Wildman–Crippen MR) is 52.6 cm³/mol. The van der Waals surface area contributed by atoms with Gasteiger partial charge in [-0.05, 0) is 23.6 Å². The molecule has 0 saturated heterocycles. The second-order valence-corrected chi connectivity index (χ2v) is 3.68. The van der Waals surface area contributed by atoms with Gasteiger partial charge < -0.3 is 4.98 Å². The highest BCUT2D eigenvalue weighted by Gasteiger charge is 2.14. The lowest BCUT2D eigenvalue weighted by atomic mass is 10.1. The maximum absolute atomic E-state index is 9.01. The van der Waals surface area contributed by atoms with E-state index in [1.807, 2.05) is 35.8 Å². The van der Waals surface area contributed by atoms with Crippen LogP contribution in [-0.2, 0) is 0 Å². The first kappa shape index (κ1) is 8.09. The second-order valence-electron chi connectivity index (χ2n) is 2.70. The van der Waals surface area contributed by atoms with Crippen LogP contribution in [0, 0.1) is 11.3 Å². The molecule has 0 fully saturated rings. The van der Waals surface area contributed by atoms with Crippen LogP contribution in [0.25, 0.3) is 0 Å². The second kappa shape index (κ2) is 3.46. The molecule has 3 heteroatoms. The average molecular weight is 188 g/mol. The van der Waals surface area contributed by atoms with Crippen LogP contribution in [0.1, 0.15) is 16.5 Å². The van der Waals surface area contributed by atoms with Crippen LogP contribution in [0.3, 0.4) is 0 Å². The lowest BCUT2D eigenvalue weighted by Gasteiger charge is -2.02. The van der Waals surface area contributed by atoms with Gasteiger partial charge in [0, 0.05) is 16.8 Å². The number of hydrogen-bond acceptors (Lipinski definition) is 2. The number of aromatic amines is 1. The van der Waals surface area contributed by atoms with E-state index in [0.717, 1.165) is 10.6 Å². The molecule has 2 aromatic heterocycles. The summed E-state index contributed by atoms with van der Waals surface area (Å²) in [6, 6.07) is 10.1. The topological polar surface area (TPSA) is 39.6 Å². The number of rotatable bonds is 2. The Hall–Kier alpha value is -1.53. The summed E-state index contributed by atoms with van der Waals surface area (Å²) in [7, 11) is 0. The summed E-state index contributed by atoms with van der Waals surface area (Å²) in [6.07, 6.45) is 1.84. The van der Waals surface area contributed by atoms with Crippen molar-refractivity contribution >= 4 is 11.3 Å². The minimum atomic E-state index is -0.144. The number of thiophene rings is 1. The van der Waals surface area contributed by atoms with Crippen LogP contribution in [0.5, 0.6) is 0 Å². The molecule has 1 N–H and O–H groups in total. The summed E-state index contributed by atoms with van der Waals surface area (Å²) < 4.78 is 0. The highest BCUT2D eigenvalue weighted by molar-refractivity contribution is 7.10. The van der Waals surface area contributed by atoms with E-state index >= 15 is 0 Å². The van der Waals surface area contributed by atoms with Gasteiger partial charge in [-0.15, -0.1) is 11.3 Å². The highest BCUT2D eigenvalue weighted by atomic mass is 32.1. The molecule has 0 saturated carbocycles. The smallest absolute Gasteiger partial charge is 0.120 e. The van der Waals surface area contributed by atoms with Crippen LogP contribution in [-0.4, -0.2) is 4.98 Å². The van der Waals surface area contributed by atoms with Crippen molar-refractivity contribution in [3.63, 3.8) is 0 Å². The molecule has 2 nitrogen and oxygen atoms in total. The van der Waals surface area contributed by atoms with Crippen LogP contribution < -0.4 is 0 Å². The Morgan fingerprint density at radius 3 is 2.85 bits per heavy atom. The molecule has 13 heavy (non-hydrogen) atoms. The van der Waals surface area contributed by atoms with Crippen LogP contribution >= 0.6 is 11.3 Å².